The van der Waals surface area contributed by atoms with Crippen LogP contribution in [0.4, 0.5) is 4.39 Å². The summed E-state index contributed by atoms with van der Waals surface area (Å²) in [5.41, 5.74) is 1.88. The number of halogens is 2. The number of aldehydes is 1. The van der Waals surface area contributed by atoms with Gasteiger partial charge in [-0.15, -0.1) is 0 Å². The predicted octanol–water partition coefficient (Wildman–Crippen LogP) is 5.47. The van der Waals surface area contributed by atoms with Crippen LogP contribution in [-0.4, -0.2) is 14.6 Å². The molecule has 0 N–H and O–H groups in total. The normalized spacial score (nSPS) is 16.2. The molecule has 0 fully saturated rings. The van der Waals surface area contributed by atoms with Crippen molar-refractivity contribution in [3.05, 3.63) is 59.6 Å². The third-order valence-electron chi connectivity index (χ3n) is 2.71. The first-order valence-electron chi connectivity index (χ1n) is 6.74. The van der Waals surface area contributed by atoms with Gasteiger partial charge in [0, 0.05) is 12.2 Å². The molecule has 0 aromatic rings. The summed E-state index contributed by atoms with van der Waals surface area (Å²) in [5.74, 6) is 0.621. The van der Waals surface area contributed by atoms with Gasteiger partial charge in [-0.3, -0.25) is 7.31 Å². The van der Waals surface area contributed by atoms with Gasteiger partial charge in [0.1, 0.15) is 12.1 Å². The minimum atomic E-state index is -0.144. The lowest BCUT2D eigenvalue weighted by atomic mass is 10.1. The average Bonchev–Trinajstić information content (AvgIpc) is 2.52. The summed E-state index contributed by atoms with van der Waals surface area (Å²) in [6.45, 7) is 1.86. The summed E-state index contributed by atoms with van der Waals surface area (Å²) in [7, 11) is 0. The Balaban J connectivity index is 2.34. The van der Waals surface area contributed by atoms with Crippen LogP contribution < -0.4 is 0 Å². The Morgan fingerprint density at radius 1 is 1.52 bits per heavy atom. The molecule has 0 radical (unpaired) electrons. The van der Waals surface area contributed by atoms with E-state index in [0.29, 0.717) is 6.42 Å². The van der Waals surface area contributed by atoms with Crippen molar-refractivity contribution in [2.45, 2.75) is 26.2 Å². The van der Waals surface area contributed by atoms with Gasteiger partial charge >= 0.3 is 0 Å². The molecule has 1 rings (SSSR count). The first kappa shape index (κ1) is 18.2. The van der Waals surface area contributed by atoms with Crippen LogP contribution in [0.2, 0.25) is 0 Å². The molecule has 0 aromatic carbocycles. The molecule has 0 saturated heterocycles. The fourth-order valence-electron chi connectivity index (χ4n) is 1.64. The van der Waals surface area contributed by atoms with E-state index in [0.717, 1.165) is 36.2 Å². The molecule has 0 bridgehead atoms. The van der Waals surface area contributed by atoms with Gasteiger partial charge in [0.25, 0.3) is 0 Å². The number of allylic oxidation sites excluding steroid dienone is 8. The van der Waals surface area contributed by atoms with E-state index in [2.05, 4.69) is 28.9 Å². The molecule has 2 nitrogen and oxygen atoms in total. The number of hydrogen-bond acceptors (Lipinski definition) is 3. The van der Waals surface area contributed by atoms with Crippen LogP contribution in [0.3, 0.4) is 0 Å². The van der Waals surface area contributed by atoms with Gasteiger partial charge in [-0.05, 0) is 49.4 Å². The summed E-state index contributed by atoms with van der Waals surface area (Å²) < 4.78 is 15.2. The second-order valence-electron chi connectivity index (χ2n) is 4.36. The van der Waals surface area contributed by atoms with E-state index in [4.69, 9.17) is 0 Å². The maximum absolute atomic E-state index is 13.2. The molecule has 114 valence electrons. The minimum absolute atomic E-state index is 0.144. The SMILES string of the molecule is C/C=C\C=C(\F)C/C=C/CSN(I)C1=CCCC(C=O)=C1. The highest BCUT2D eigenvalue weighted by atomic mass is 127. The van der Waals surface area contributed by atoms with Crippen molar-refractivity contribution in [3.8, 4) is 0 Å². The van der Waals surface area contributed by atoms with E-state index in [-0.39, 0.29) is 5.83 Å². The van der Waals surface area contributed by atoms with Crippen LogP contribution in [0, 0.1) is 0 Å². The van der Waals surface area contributed by atoms with Crippen molar-refractivity contribution < 1.29 is 9.18 Å². The van der Waals surface area contributed by atoms with Gasteiger partial charge in [0.05, 0.1) is 28.6 Å². The Morgan fingerprint density at radius 3 is 3.05 bits per heavy atom. The highest BCUT2D eigenvalue weighted by Gasteiger charge is 2.09. The zero-order valence-corrected chi connectivity index (χ0v) is 14.9. The Labute approximate surface area is 144 Å². The van der Waals surface area contributed by atoms with Crippen LogP contribution in [0.15, 0.2) is 59.6 Å². The molecular formula is C16H19FINOS. The lowest BCUT2D eigenvalue weighted by Crippen LogP contribution is -2.04. The number of hydrogen-bond donors (Lipinski definition) is 0. The summed E-state index contributed by atoms with van der Waals surface area (Å²) >= 11 is 3.82. The highest BCUT2D eigenvalue weighted by Crippen LogP contribution is 2.28. The standard InChI is InChI=1S/C16H19FINOS/c1-2-3-8-15(17)9-4-5-11-21-19(18)16-10-6-7-14(12-16)13-20/h2-5,8,10,12-13H,6-7,9,11H2,1H3/b3-2-,5-4+,15-8+. The van der Waals surface area contributed by atoms with E-state index in [9.17, 15) is 9.18 Å². The van der Waals surface area contributed by atoms with Gasteiger partial charge in [-0.1, -0.05) is 30.4 Å². The predicted molar refractivity (Wildman–Crippen MR) is 97.5 cm³/mol. The fourth-order valence-corrected chi connectivity index (χ4v) is 3.09. The number of carbonyl (C=O) groups is 1. The second kappa shape index (κ2) is 10.8. The molecule has 5 heteroatoms. The maximum atomic E-state index is 13.2. The largest absolute Gasteiger partial charge is 0.298 e. The smallest absolute Gasteiger partial charge is 0.146 e. The van der Waals surface area contributed by atoms with Crippen LogP contribution in [0.25, 0.3) is 0 Å². The molecular weight excluding hydrogens is 400 g/mol. The molecule has 21 heavy (non-hydrogen) atoms. The Kier molecular flexibility index (Phi) is 9.41. The molecule has 0 spiro atoms. The average molecular weight is 419 g/mol. The summed E-state index contributed by atoms with van der Waals surface area (Å²) in [5, 5.41) is 0. The Bertz CT molecular complexity index is 495. The minimum Gasteiger partial charge on any atom is -0.298 e. The molecule has 0 aliphatic heterocycles. The zero-order valence-electron chi connectivity index (χ0n) is 12.0. The molecule has 0 heterocycles. The topological polar surface area (TPSA) is 20.3 Å². The van der Waals surface area contributed by atoms with E-state index >= 15 is 0 Å². The molecule has 0 unspecified atom stereocenters. The molecule has 0 aromatic heterocycles. The third kappa shape index (κ3) is 7.66. The van der Waals surface area contributed by atoms with E-state index in [1.807, 2.05) is 27.7 Å². The van der Waals surface area contributed by atoms with Gasteiger partial charge in [0.2, 0.25) is 0 Å². The lowest BCUT2D eigenvalue weighted by Gasteiger charge is -2.18. The van der Waals surface area contributed by atoms with Crippen molar-refractivity contribution in [1.82, 2.24) is 2.52 Å². The van der Waals surface area contributed by atoms with Crippen LogP contribution >= 0.6 is 34.8 Å². The zero-order chi connectivity index (χ0) is 15.5. The number of rotatable bonds is 8. The number of nitrogens with zero attached hydrogens (tertiary/aromatic N) is 1. The fraction of sp³-hybridized carbons (Fsp3) is 0.312. The highest BCUT2D eigenvalue weighted by molar-refractivity contribution is 14.1. The van der Waals surface area contributed by atoms with E-state index in [1.165, 1.54) is 6.08 Å². The van der Waals surface area contributed by atoms with Crippen molar-refractivity contribution in [2.75, 3.05) is 5.75 Å². The summed E-state index contributed by atoms with van der Waals surface area (Å²) in [6.07, 6.45) is 15.7. The summed E-state index contributed by atoms with van der Waals surface area (Å²) in [4.78, 5) is 10.8. The number of carbonyl (C=O) groups excluding carboxylic acids is 1. The molecule has 0 atom stereocenters. The molecule has 0 amide bonds. The molecule has 1 aliphatic rings. The van der Waals surface area contributed by atoms with Gasteiger partial charge < -0.3 is 0 Å². The van der Waals surface area contributed by atoms with E-state index in [1.54, 1.807) is 24.1 Å². The van der Waals surface area contributed by atoms with Crippen LogP contribution in [0.5, 0.6) is 0 Å². The van der Waals surface area contributed by atoms with Crippen molar-refractivity contribution in [3.63, 3.8) is 0 Å². The maximum Gasteiger partial charge on any atom is 0.146 e. The quantitative estimate of drug-likeness (QED) is 0.130. The molecule has 0 saturated carbocycles. The van der Waals surface area contributed by atoms with Crippen LogP contribution in [0.1, 0.15) is 26.2 Å². The lowest BCUT2D eigenvalue weighted by molar-refractivity contribution is -0.105. The Morgan fingerprint density at radius 2 is 2.33 bits per heavy atom. The van der Waals surface area contributed by atoms with Crippen molar-refractivity contribution in [2.24, 2.45) is 0 Å². The second-order valence-corrected chi connectivity index (χ2v) is 6.94. The Hall–Kier alpha value is -0.820. The van der Waals surface area contributed by atoms with Crippen molar-refractivity contribution >= 4 is 41.1 Å². The third-order valence-corrected chi connectivity index (χ3v) is 4.88. The van der Waals surface area contributed by atoms with Gasteiger partial charge in [-0.2, -0.15) is 0 Å². The first-order valence-corrected chi connectivity index (χ1v) is 8.65. The van der Waals surface area contributed by atoms with Crippen LogP contribution in [-0.2, 0) is 4.79 Å². The molecule has 1 aliphatic carbocycles. The van der Waals surface area contributed by atoms with Gasteiger partial charge in [0.15, 0.2) is 0 Å². The monoisotopic (exact) mass is 419 g/mol. The van der Waals surface area contributed by atoms with E-state index < -0.39 is 0 Å². The van der Waals surface area contributed by atoms with Gasteiger partial charge in [-0.25, -0.2) is 4.39 Å². The van der Waals surface area contributed by atoms with Crippen molar-refractivity contribution in [1.29, 1.82) is 0 Å². The summed E-state index contributed by atoms with van der Waals surface area (Å²) in [6, 6.07) is 0. The first-order chi connectivity index (χ1) is 10.2.